The molecule has 178 valence electrons. The second kappa shape index (κ2) is 9.12. The first-order chi connectivity index (χ1) is 15.7. The van der Waals surface area contributed by atoms with Crippen molar-refractivity contribution < 1.29 is 23.9 Å². The van der Waals surface area contributed by atoms with Crippen LogP contribution in [-0.4, -0.2) is 74.9 Å². The van der Waals surface area contributed by atoms with Crippen LogP contribution in [0.25, 0.3) is 0 Å². The van der Waals surface area contributed by atoms with E-state index < -0.39 is 10.5 Å². The van der Waals surface area contributed by atoms with Crippen LogP contribution >= 0.6 is 0 Å². The Bertz CT molecular complexity index is 994. The van der Waals surface area contributed by atoms with E-state index in [0.29, 0.717) is 44.9 Å². The molecule has 2 aliphatic heterocycles. The highest BCUT2D eigenvalue weighted by atomic mass is 16.6. The van der Waals surface area contributed by atoms with Crippen molar-refractivity contribution >= 4 is 17.7 Å². The Labute approximate surface area is 191 Å². The molecule has 0 unspecified atom stereocenters. The van der Waals surface area contributed by atoms with Gasteiger partial charge in [0, 0.05) is 44.1 Å². The first-order valence-electron chi connectivity index (χ1n) is 10.9. The monoisotopic (exact) mass is 460 g/mol. The molecular weight excluding hydrogens is 432 g/mol. The normalized spacial score (nSPS) is 18.3. The number of nitro groups is 1. The SMILES string of the molecule is CC(C)(C)OC(=O)N1CCN(c2ccc(OC[C@H]3CCn4cc([N+](=O)[O-])nc4O3)cn2)CC1. The van der Waals surface area contributed by atoms with Crippen LogP contribution in [0.5, 0.6) is 11.8 Å². The molecule has 2 aromatic rings. The highest BCUT2D eigenvalue weighted by Gasteiger charge is 2.29. The Kier molecular flexibility index (Phi) is 6.25. The molecule has 1 fully saturated rings. The van der Waals surface area contributed by atoms with Crippen molar-refractivity contribution in [2.75, 3.05) is 37.7 Å². The van der Waals surface area contributed by atoms with Gasteiger partial charge in [-0.25, -0.2) is 9.78 Å². The zero-order valence-corrected chi connectivity index (χ0v) is 19.0. The van der Waals surface area contributed by atoms with Gasteiger partial charge in [-0.1, -0.05) is 0 Å². The predicted octanol–water partition coefficient (Wildman–Crippen LogP) is 2.47. The molecule has 0 radical (unpaired) electrons. The van der Waals surface area contributed by atoms with Crippen molar-refractivity contribution in [3.63, 3.8) is 0 Å². The van der Waals surface area contributed by atoms with Crippen molar-refractivity contribution in [2.24, 2.45) is 0 Å². The third kappa shape index (κ3) is 5.62. The summed E-state index contributed by atoms with van der Waals surface area (Å²) in [7, 11) is 0. The number of imidazole rings is 1. The molecule has 0 spiro atoms. The van der Waals surface area contributed by atoms with Crippen LogP contribution in [0, 0.1) is 10.1 Å². The van der Waals surface area contributed by atoms with E-state index in [4.69, 9.17) is 14.2 Å². The molecule has 4 heterocycles. The molecule has 0 saturated carbocycles. The van der Waals surface area contributed by atoms with Gasteiger partial charge in [-0.05, 0) is 37.8 Å². The number of anilines is 1. The van der Waals surface area contributed by atoms with Crippen LogP contribution in [0.3, 0.4) is 0 Å². The fourth-order valence-electron chi connectivity index (χ4n) is 3.62. The lowest BCUT2D eigenvalue weighted by atomic mass is 10.2. The topological polar surface area (TPSA) is 125 Å². The van der Waals surface area contributed by atoms with E-state index in [0.717, 1.165) is 5.82 Å². The minimum absolute atomic E-state index is 0.224. The first-order valence-corrected chi connectivity index (χ1v) is 10.9. The van der Waals surface area contributed by atoms with Gasteiger partial charge in [0.05, 0.1) is 6.20 Å². The predicted molar refractivity (Wildman–Crippen MR) is 118 cm³/mol. The molecule has 33 heavy (non-hydrogen) atoms. The summed E-state index contributed by atoms with van der Waals surface area (Å²) in [5.74, 6) is 1.20. The van der Waals surface area contributed by atoms with Gasteiger partial charge < -0.3 is 34.1 Å². The quantitative estimate of drug-likeness (QED) is 0.489. The number of amides is 1. The lowest BCUT2D eigenvalue weighted by molar-refractivity contribution is -0.389. The molecule has 0 N–H and O–H groups in total. The molecule has 1 amide bonds. The average Bonchev–Trinajstić information content (AvgIpc) is 3.21. The molecule has 0 aliphatic carbocycles. The molecule has 2 aliphatic rings. The van der Waals surface area contributed by atoms with E-state index in [1.54, 1.807) is 15.7 Å². The Morgan fingerprint density at radius 2 is 2.00 bits per heavy atom. The summed E-state index contributed by atoms with van der Waals surface area (Å²) in [6.45, 7) is 8.92. The minimum Gasteiger partial charge on any atom is -0.488 e. The maximum Gasteiger partial charge on any atom is 0.414 e. The number of carbonyl (C=O) groups excluding carboxylic acids is 1. The van der Waals surface area contributed by atoms with Crippen molar-refractivity contribution in [3.05, 3.63) is 34.6 Å². The van der Waals surface area contributed by atoms with Crippen molar-refractivity contribution in [1.82, 2.24) is 19.4 Å². The Hall–Kier alpha value is -3.57. The number of pyridine rings is 1. The van der Waals surface area contributed by atoms with Gasteiger partial charge in [0.1, 0.15) is 36.1 Å². The summed E-state index contributed by atoms with van der Waals surface area (Å²) in [5, 5.41) is 10.9. The Morgan fingerprint density at radius 1 is 1.24 bits per heavy atom. The van der Waals surface area contributed by atoms with Gasteiger partial charge in [-0.15, -0.1) is 0 Å². The van der Waals surface area contributed by atoms with Gasteiger partial charge in [-0.2, -0.15) is 0 Å². The van der Waals surface area contributed by atoms with Crippen LogP contribution in [-0.2, 0) is 11.3 Å². The van der Waals surface area contributed by atoms with Crippen LogP contribution in [0.2, 0.25) is 0 Å². The minimum atomic E-state index is -0.537. The molecule has 4 rings (SSSR count). The van der Waals surface area contributed by atoms with E-state index in [1.807, 2.05) is 32.9 Å². The molecule has 12 nitrogen and oxygen atoms in total. The largest absolute Gasteiger partial charge is 0.488 e. The molecule has 1 saturated heterocycles. The standard InChI is InChI=1S/C21H28N6O6/c1-21(2,3)33-20(28)25-10-8-24(9-11-25)17-5-4-15(12-22-17)31-14-16-6-7-26-13-18(27(29)30)23-19(26)32-16/h4-5,12-13,16H,6-11,14H2,1-3H3/t16-/m1/s1. The molecule has 12 heteroatoms. The number of aromatic nitrogens is 3. The summed E-state index contributed by atoms with van der Waals surface area (Å²) in [4.78, 5) is 34.7. The zero-order valence-electron chi connectivity index (χ0n) is 19.0. The summed E-state index contributed by atoms with van der Waals surface area (Å²) in [6, 6.07) is 3.97. The maximum atomic E-state index is 12.2. The number of fused-ring (bicyclic) bond motifs is 1. The van der Waals surface area contributed by atoms with E-state index in [2.05, 4.69) is 14.9 Å². The fraction of sp³-hybridized carbons (Fsp3) is 0.571. The number of hydrogen-bond acceptors (Lipinski definition) is 9. The first kappa shape index (κ1) is 22.6. The van der Waals surface area contributed by atoms with E-state index >= 15 is 0 Å². The number of ether oxygens (including phenoxy) is 3. The van der Waals surface area contributed by atoms with Crippen LogP contribution < -0.4 is 14.4 Å². The second-order valence-corrected chi connectivity index (χ2v) is 8.98. The molecule has 0 aromatic carbocycles. The van der Waals surface area contributed by atoms with Crippen molar-refractivity contribution in [3.8, 4) is 11.8 Å². The lowest BCUT2D eigenvalue weighted by Crippen LogP contribution is -2.50. The van der Waals surface area contributed by atoms with Gasteiger partial charge in [0.15, 0.2) is 0 Å². The molecule has 0 bridgehead atoms. The maximum absolute atomic E-state index is 12.2. The smallest absolute Gasteiger partial charge is 0.414 e. The van der Waals surface area contributed by atoms with Crippen LogP contribution in [0.15, 0.2) is 24.5 Å². The summed E-state index contributed by atoms with van der Waals surface area (Å²) >= 11 is 0. The van der Waals surface area contributed by atoms with Gasteiger partial charge in [0.25, 0.3) is 0 Å². The number of piperazine rings is 1. The average molecular weight is 460 g/mol. The Balaban J connectivity index is 1.25. The molecule has 2 aromatic heterocycles. The van der Waals surface area contributed by atoms with Gasteiger partial charge in [-0.3, -0.25) is 4.57 Å². The summed E-state index contributed by atoms with van der Waals surface area (Å²) in [5.41, 5.74) is -0.507. The van der Waals surface area contributed by atoms with E-state index in [-0.39, 0.29) is 30.6 Å². The van der Waals surface area contributed by atoms with E-state index in [1.165, 1.54) is 6.20 Å². The fourth-order valence-corrected chi connectivity index (χ4v) is 3.62. The number of carbonyl (C=O) groups is 1. The van der Waals surface area contributed by atoms with E-state index in [9.17, 15) is 14.9 Å². The molecular formula is C21H28N6O6. The van der Waals surface area contributed by atoms with Crippen molar-refractivity contribution in [2.45, 2.75) is 45.4 Å². The summed E-state index contributed by atoms with van der Waals surface area (Å²) < 4.78 is 18.6. The Morgan fingerprint density at radius 3 is 2.64 bits per heavy atom. The number of rotatable bonds is 5. The number of aryl methyl sites for hydroxylation is 1. The highest BCUT2D eigenvalue weighted by Crippen LogP contribution is 2.25. The number of hydrogen-bond donors (Lipinski definition) is 0. The van der Waals surface area contributed by atoms with Crippen LogP contribution in [0.4, 0.5) is 16.4 Å². The van der Waals surface area contributed by atoms with Crippen molar-refractivity contribution in [1.29, 1.82) is 0 Å². The lowest BCUT2D eigenvalue weighted by Gasteiger charge is -2.36. The van der Waals surface area contributed by atoms with Crippen LogP contribution in [0.1, 0.15) is 27.2 Å². The number of nitrogens with zero attached hydrogens (tertiary/aromatic N) is 6. The highest BCUT2D eigenvalue weighted by molar-refractivity contribution is 5.68. The van der Waals surface area contributed by atoms with Gasteiger partial charge >= 0.3 is 17.9 Å². The zero-order chi connectivity index (χ0) is 23.6. The van der Waals surface area contributed by atoms with Gasteiger partial charge in [0.2, 0.25) is 0 Å². The third-order valence-electron chi connectivity index (χ3n) is 5.29. The second-order valence-electron chi connectivity index (χ2n) is 8.98. The molecule has 1 atom stereocenters. The third-order valence-corrected chi connectivity index (χ3v) is 5.29. The summed E-state index contributed by atoms with van der Waals surface area (Å²) in [6.07, 6.45) is 3.15.